The van der Waals surface area contributed by atoms with Crippen LogP contribution in [0.3, 0.4) is 0 Å². The van der Waals surface area contributed by atoms with Crippen LogP contribution in [0.15, 0.2) is 71.6 Å². The molecule has 0 bridgehead atoms. The van der Waals surface area contributed by atoms with E-state index in [-0.39, 0.29) is 16.9 Å². The summed E-state index contributed by atoms with van der Waals surface area (Å²) in [5.74, 6) is 1.38. The van der Waals surface area contributed by atoms with Gasteiger partial charge < -0.3 is 4.74 Å². The molecule has 0 aliphatic heterocycles. The third-order valence-electron chi connectivity index (χ3n) is 5.71. The van der Waals surface area contributed by atoms with Gasteiger partial charge in [-0.25, -0.2) is 18.1 Å². The van der Waals surface area contributed by atoms with E-state index in [1.54, 1.807) is 24.3 Å². The molecule has 4 rings (SSSR count). The Morgan fingerprint density at radius 3 is 2.32 bits per heavy atom. The van der Waals surface area contributed by atoms with Crippen LogP contribution in [0.1, 0.15) is 33.1 Å². The Morgan fingerprint density at radius 1 is 0.935 bits per heavy atom. The van der Waals surface area contributed by atoms with Gasteiger partial charge in [0.15, 0.2) is 0 Å². The van der Waals surface area contributed by atoms with E-state index >= 15 is 0 Å². The van der Waals surface area contributed by atoms with Gasteiger partial charge in [0.05, 0.1) is 10.6 Å². The molecule has 162 valence electrons. The van der Waals surface area contributed by atoms with E-state index in [0.717, 1.165) is 18.4 Å². The van der Waals surface area contributed by atoms with Gasteiger partial charge in [0.25, 0.3) is 10.0 Å². The van der Waals surface area contributed by atoms with Crippen LogP contribution >= 0.6 is 0 Å². The van der Waals surface area contributed by atoms with E-state index in [0.29, 0.717) is 23.4 Å². The van der Waals surface area contributed by atoms with Crippen LogP contribution in [0.5, 0.6) is 5.88 Å². The fourth-order valence-corrected chi connectivity index (χ4v) is 4.83. The maximum Gasteiger partial charge on any atom is 0.264 e. The zero-order valence-electron chi connectivity index (χ0n) is 17.7. The topological polar surface area (TPSA) is 81.2 Å². The van der Waals surface area contributed by atoms with Crippen molar-refractivity contribution in [3.63, 3.8) is 0 Å². The Balaban J connectivity index is 1.68. The molecule has 0 saturated heterocycles. The first-order valence-corrected chi connectivity index (χ1v) is 12.1. The summed E-state index contributed by atoms with van der Waals surface area (Å²) in [7, 11) is -3.81. The largest absolute Gasteiger partial charge is 0.474 e. The first-order chi connectivity index (χ1) is 14.9. The quantitative estimate of drug-likeness (QED) is 0.577. The fraction of sp³-hybridized carbons (Fsp3) is 0.333. The summed E-state index contributed by atoms with van der Waals surface area (Å²) in [5.41, 5.74) is 1.47. The van der Waals surface area contributed by atoms with E-state index in [1.165, 1.54) is 18.6 Å². The van der Waals surface area contributed by atoms with Crippen molar-refractivity contribution in [1.29, 1.82) is 0 Å². The summed E-state index contributed by atoms with van der Waals surface area (Å²) >= 11 is 0. The second-order valence-corrected chi connectivity index (χ2v) is 9.93. The van der Waals surface area contributed by atoms with E-state index in [1.807, 2.05) is 30.3 Å². The lowest BCUT2D eigenvalue weighted by Crippen LogP contribution is -2.32. The van der Waals surface area contributed by atoms with Crippen LogP contribution in [0.25, 0.3) is 11.3 Å². The molecule has 3 unspecified atom stereocenters. The first kappa shape index (κ1) is 21.3. The maximum atomic E-state index is 12.8. The zero-order valence-corrected chi connectivity index (χ0v) is 18.5. The van der Waals surface area contributed by atoms with Crippen molar-refractivity contribution in [1.82, 2.24) is 9.97 Å². The monoisotopic (exact) mass is 437 g/mol. The highest BCUT2D eigenvalue weighted by Crippen LogP contribution is 2.32. The standard InChI is InChI=1S/C24H27N3O3S/c1-17-13-14-18(2)22(15-17)30-23-16-21(19-9-5-3-6-10-19)25-24(26-23)27-31(28,29)20-11-7-4-8-12-20/h3-12,16-18,22H,13-15H2,1-2H3,(H,25,26,27). The van der Waals surface area contributed by atoms with Crippen LogP contribution in [-0.4, -0.2) is 24.5 Å². The van der Waals surface area contributed by atoms with Gasteiger partial charge in [0.1, 0.15) is 6.10 Å². The number of sulfonamides is 1. The minimum Gasteiger partial charge on any atom is -0.474 e. The SMILES string of the molecule is CC1CCC(C)C(Oc2cc(-c3ccccc3)nc(NS(=O)(=O)c3ccccc3)n2)C1. The molecule has 0 amide bonds. The Bertz CT molecular complexity index is 1120. The second-order valence-electron chi connectivity index (χ2n) is 8.25. The molecule has 0 radical (unpaired) electrons. The van der Waals surface area contributed by atoms with Crippen LogP contribution in [0.2, 0.25) is 0 Å². The van der Waals surface area contributed by atoms with Gasteiger partial charge in [-0.05, 0) is 36.8 Å². The molecule has 6 nitrogen and oxygen atoms in total. The molecule has 2 aromatic carbocycles. The van der Waals surface area contributed by atoms with Crippen molar-refractivity contribution < 1.29 is 13.2 Å². The van der Waals surface area contributed by atoms with Gasteiger partial charge in [0, 0.05) is 11.6 Å². The first-order valence-electron chi connectivity index (χ1n) is 10.6. The summed E-state index contributed by atoms with van der Waals surface area (Å²) in [6.07, 6.45) is 3.30. The number of anilines is 1. The number of ether oxygens (including phenoxy) is 1. The predicted octanol–water partition coefficient (Wildman–Crippen LogP) is 5.15. The molecule has 1 heterocycles. The highest BCUT2D eigenvalue weighted by Gasteiger charge is 2.28. The van der Waals surface area contributed by atoms with Crippen molar-refractivity contribution in [2.75, 3.05) is 4.72 Å². The van der Waals surface area contributed by atoms with Crippen molar-refractivity contribution >= 4 is 16.0 Å². The summed E-state index contributed by atoms with van der Waals surface area (Å²) in [6, 6.07) is 19.6. The molecule has 0 spiro atoms. The highest BCUT2D eigenvalue weighted by molar-refractivity contribution is 7.92. The molecule has 1 aromatic heterocycles. The lowest BCUT2D eigenvalue weighted by atomic mass is 9.82. The minimum absolute atomic E-state index is 0.00304. The van der Waals surface area contributed by atoms with Gasteiger partial charge >= 0.3 is 0 Å². The molecular formula is C24H27N3O3S. The maximum absolute atomic E-state index is 12.8. The summed E-state index contributed by atoms with van der Waals surface area (Å²) in [6.45, 7) is 4.42. The molecular weight excluding hydrogens is 410 g/mol. The molecule has 3 atom stereocenters. The van der Waals surface area contributed by atoms with Crippen LogP contribution in [0.4, 0.5) is 5.95 Å². The number of nitrogens with zero attached hydrogens (tertiary/aromatic N) is 2. The van der Waals surface area contributed by atoms with Crippen molar-refractivity contribution in [2.45, 2.75) is 44.1 Å². The Hall–Kier alpha value is -2.93. The number of nitrogens with one attached hydrogen (secondary N) is 1. The highest BCUT2D eigenvalue weighted by atomic mass is 32.2. The van der Waals surface area contributed by atoms with E-state index in [2.05, 4.69) is 28.5 Å². The molecule has 7 heteroatoms. The fourth-order valence-electron chi connectivity index (χ4n) is 3.87. The van der Waals surface area contributed by atoms with E-state index in [4.69, 9.17) is 4.74 Å². The number of hydrogen-bond acceptors (Lipinski definition) is 5. The number of rotatable bonds is 6. The molecule has 3 aromatic rings. The van der Waals surface area contributed by atoms with Gasteiger partial charge in [0.2, 0.25) is 11.8 Å². The number of aromatic nitrogens is 2. The van der Waals surface area contributed by atoms with Crippen LogP contribution in [0, 0.1) is 11.8 Å². The third kappa shape index (κ3) is 5.22. The normalized spacial score (nSPS) is 21.4. The van der Waals surface area contributed by atoms with E-state index < -0.39 is 10.0 Å². The molecule has 31 heavy (non-hydrogen) atoms. The molecule has 1 saturated carbocycles. The lowest BCUT2D eigenvalue weighted by molar-refractivity contribution is 0.0751. The zero-order chi connectivity index (χ0) is 21.8. The lowest BCUT2D eigenvalue weighted by Gasteiger charge is -2.32. The summed E-state index contributed by atoms with van der Waals surface area (Å²) in [4.78, 5) is 9.01. The third-order valence-corrected chi connectivity index (χ3v) is 7.05. The van der Waals surface area contributed by atoms with Gasteiger partial charge in [-0.15, -0.1) is 0 Å². The van der Waals surface area contributed by atoms with Crippen molar-refractivity contribution in [3.8, 4) is 17.1 Å². The van der Waals surface area contributed by atoms with Gasteiger partial charge in [-0.3, -0.25) is 0 Å². The Kier molecular flexibility index (Phi) is 6.23. The average Bonchev–Trinajstić information content (AvgIpc) is 2.77. The predicted molar refractivity (Wildman–Crippen MR) is 121 cm³/mol. The smallest absolute Gasteiger partial charge is 0.264 e. The molecule has 1 fully saturated rings. The number of benzene rings is 2. The minimum atomic E-state index is -3.81. The van der Waals surface area contributed by atoms with Crippen LogP contribution in [-0.2, 0) is 10.0 Å². The molecule has 1 aliphatic rings. The molecule has 1 aliphatic carbocycles. The van der Waals surface area contributed by atoms with Crippen molar-refractivity contribution in [2.24, 2.45) is 11.8 Å². The van der Waals surface area contributed by atoms with Crippen LogP contribution < -0.4 is 9.46 Å². The molecule has 1 N–H and O–H groups in total. The van der Waals surface area contributed by atoms with Gasteiger partial charge in [-0.2, -0.15) is 4.98 Å². The van der Waals surface area contributed by atoms with E-state index in [9.17, 15) is 8.42 Å². The Labute approximate surface area is 183 Å². The second kappa shape index (κ2) is 9.06. The van der Waals surface area contributed by atoms with Gasteiger partial charge in [-0.1, -0.05) is 68.8 Å². The number of hydrogen-bond donors (Lipinski definition) is 1. The Morgan fingerprint density at radius 2 is 1.61 bits per heavy atom. The summed E-state index contributed by atoms with van der Waals surface area (Å²) in [5, 5.41) is 0. The summed E-state index contributed by atoms with van der Waals surface area (Å²) < 4.78 is 34.4. The van der Waals surface area contributed by atoms with Crippen molar-refractivity contribution in [3.05, 3.63) is 66.7 Å². The average molecular weight is 438 g/mol.